The standard InChI is InChI=1S/C23H33ClN4O3/c1-6-14-8-9-15(7-2)19(14)28-21-16(10-11-17(24)27-21)26-20(22(28)30)25-13-12-18(29)31-23(3,4)5/h10-11,14-15,19H,6-9,12-13H2,1-5H3,(H,25,26). The molecule has 2 heterocycles. The van der Waals surface area contributed by atoms with Crippen LogP contribution in [0.1, 0.15) is 72.8 Å². The van der Waals surface area contributed by atoms with Crippen molar-refractivity contribution < 1.29 is 9.53 Å². The fourth-order valence-corrected chi connectivity index (χ4v) is 4.74. The average Bonchev–Trinajstić information content (AvgIpc) is 3.10. The van der Waals surface area contributed by atoms with Crippen LogP contribution in [0.2, 0.25) is 5.15 Å². The number of hydrogen-bond acceptors (Lipinski definition) is 6. The van der Waals surface area contributed by atoms with Gasteiger partial charge in [0, 0.05) is 12.6 Å². The Morgan fingerprint density at radius 3 is 2.42 bits per heavy atom. The molecule has 1 aliphatic carbocycles. The van der Waals surface area contributed by atoms with E-state index in [0.717, 1.165) is 25.7 Å². The summed E-state index contributed by atoms with van der Waals surface area (Å²) in [5.74, 6) is 0.728. The summed E-state index contributed by atoms with van der Waals surface area (Å²) in [5, 5.41) is 3.40. The highest BCUT2D eigenvalue weighted by Gasteiger charge is 2.37. The minimum Gasteiger partial charge on any atom is -0.460 e. The first-order valence-electron chi connectivity index (χ1n) is 11.2. The summed E-state index contributed by atoms with van der Waals surface area (Å²) in [7, 11) is 0. The fraction of sp³-hybridized carbons (Fsp3) is 0.652. The average molecular weight is 449 g/mol. The van der Waals surface area contributed by atoms with Crippen molar-refractivity contribution in [2.24, 2.45) is 11.8 Å². The van der Waals surface area contributed by atoms with Crippen molar-refractivity contribution in [3.63, 3.8) is 0 Å². The topological polar surface area (TPSA) is 86.1 Å². The molecular formula is C23H33ClN4O3. The van der Waals surface area contributed by atoms with Crippen molar-refractivity contribution >= 4 is 34.6 Å². The van der Waals surface area contributed by atoms with Gasteiger partial charge in [-0.3, -0.25) is 14.2 Å². The lowest BCUT2D eigenvalue weighted by atomic mass is 9.93. The smallest absolute Gasteiger partial charge is 0.308 e. The Kier molecular flexibility index (Phi) is 7.24. The van der Waals surface area contributed by atoms with E-state index in [4.69, 9.17) is 16.3 Å². The van der Waals surface area contributed by atoms with E-state index in [9.17, 15) is 9.59 Å². The van der Waals surface area contributed by atoms with Crippen LogP contribution in [-0.2, 0) is 9.53 Å². The monoisotopic (exact) mass is 448 g/mol. The third kappa shape index (κ3) is 5.37. The molecular weight excluding hydrogens is 416 g/mol. The van der Waals surface area contributed by atoms with E-state index in [1.54, 1.807) is 16.7 Å². The molecule has 1 saturated carbocycles. The number of nitrogens with one attached hydrogen (secondary N) is 1. The van der Waals surface area contributed by atoms with Gasteiger partial charge in [-0.25, -0.2) is 9.97 Å². The fourth-order valence-electron chi connectivity index (χ4n) is 4.60. The van der Waals surface area contributed by atoms with Gasteiger partial charge in [-0.05, 0) is 57.6 Å². The molecule has 0 saturated heterocycles. The molecule has 1 N–H and O–H groups in total. The van der Waals surface area contributed by atoms with Crippen LogP contribution in [0, 0.1) is 11.8 Å². The molecule has 8 heteroatoms. The molecule has 31 heavy (non-hydrogen) atoms. The van der Waals surface area contributed by atoms with Gasteiger partial charge in [0.2, 0.25) is 0 Å². The summed E-state index contributed by atoms with van der Waals surface area (Å²) in [6.45, 7) is 10.1. The van der Waals surface area contributed by atoms with E-state index in [0.29, 0.717) is 28.2 Å². The highest BCUT2D eigenvalue weighted by atomic mass is 35.5. The Labute approximate surface area is 188 Å². The van der Waals surface area contributed by atoms with E-state index < -0.39 is 5.60 Å². The lowest BCUT2D eigenvalue weighted by molar-refractivity contribution is -0.154. The Balaban J connectivity index is 1.97. The molecule has 170 valence electrons. The quantitative estimate of drug-likeness (QED) is 0.475. The lowest BCUT2D eigenvalue weighted by Gasteiger charge is -2.27. The number of pyridine rings is 1. The summed E-state index contributed by atoms with van der Waals surface area (Å²) in [5.41, 5.74) is 0.387. The number of ether oxygens (including phenoxy) is 1. The molecule has 2 unspecified atom stereocenters. The first-order chi connectivity index (χ1) is 14.6. The Morgan fingerprint density at radius 2 is 1.84 bits per heavy atom. The summed E-state index contributed by atoms with van der Waals surface area (Å²) < 4.78 is 7.15. The minimum absolute atomic E-state index is 0.0605. The molecule has 0 bridgehead atoms. The van der Waals surface area contributed by atoms with Crippen LogP contribution in [-0.4, -0.2) is 32.7 Å². The highest BCUT2D eigenvalue weighted by Crippen LogP contribution is 2.44. The molecule has 2 atom stereocenters. The second kappa shape index (κ2) is 9.55. The second-order valence-electron chi connectivity index (χ2n) is 9.28. The normalized spacial score (nSPS) is 21.4. The maximum Gasteiger partial charge on any atom is 0.308 e. The molecule has 0 amide bonds. The largest absolute Gasteiger partial charge is 0.460 e. The van der Waals surface area contributed by atoms with Crippen molar-refractivity contribution in [2.75, 3.05) is 11.9 Å². The molecule has 1 fully saturated rings. The zero-order valence-corrected chi connectivity index (χ0v) is 19.8. The van der Waals surface area contributed by atoms with Crippen LogP contribution in [0.5, 0.6) is 0 Å². The minimum atomic E-state index is -0.539. The molecule has 2 aromatic rings. The predicted octanol–water partition coefficient (Wildman–Crippen LogP) is 4.98. The first-order valence-corrected chi connectivity index (χ1v) is 11.6. The number of rotatable bonds is 7. The van der Waals surface area contributed by atoms with Crippen molar-refractivity contribution in [3.05, 3.63) is 27.6 Å². The van der Waals surface area contributed by atoms with Crippen LogP contribution in [0.25, 0.3) is 11.2 Å². The number of hydrogen-bond donors (Lipinski definition) is 1. The number of aromatic nitrogens is 3. The van der Waals surface area contributed by atoms with E-state index in [1.165, 1.54) is 0 Å². The third-order valence-corrected chi connectivity index (χ3v) is 6.18. The van der Waals surface area contributed by atoms with Crippen molar-refractivity contribution in [3.8, 4) is 0 Å². The van der Waals surface area contributed by atoms with Crippen LogP contribution in [0.3, 0.4) is 0 Å². The zero-order chi connectivity index (χ0) is 22.8. The number of carbonyl (C=O) groups excluding carboxylic acids is 1. The predicted molar refractivity (Wildman–Crippen MR) is 124 cm³/mol. The van der Waals surface area contributed by atoms with E-state index >= 15 is 0 Å². The Hall–Kier alpha value is -2.15. The molecule has 2 aromatic heterocycles. The Bertz CT molecular complexity index is 987. The van der Waals surface area contributed by atoms with E-state index in [2.05, 4.69) is 29.1 Å². The number of esters is 1. The van der Waals surface area contributed by atoms with E-state index in [-0.39, 0.29) is 36.4 Å². The summed E-state index contributed by atoms with van der Waals surface area (Å²) in [4.78, 5) is 34.6. The van der Waals surface area contributed by atoms with Gasteiger partial charge in [0.15, 0.2) is 11.5 Å². The summed E-state index contributed by atoms with van der Waals surface area (Å²) >= 11 is 6.18. The van der Waals surface area contributed by atoms with Gasteiger partial charge in [0.1, 0.15) is 16.3 Å². The maximum atomic E-state index is 13.5. The maximum absolute atomic E-state index is 13.5. The second-order valence-corrected chi connectivity index (χ2v) is 9.67. The number of fused-ring (bicyclic) bond motifs is 1. The summed E-state index contributed by atoms with van der Waals surface area (Å²) in [6.07, 6.45) is 4.34. The number of halogens is 1. The van der Waals surface area contributed by atoms with Crippen LogP contribution in [0.4, 0.5) is 5.82 Å². The van der Waals surface area contributed by atoms with Gasteiger partial charge in [-0.2, -0.15) is 0 Å². The van der Waals surface area contributed by atoms with Gasteiger partial charge in [-0.1, -0.05) is 38.3 Å². The first kappa shape index (κ1) is 23.5. The molecule has 0 radical (unpaired) electrons. The zero-order valence-electron chi connectivity index (χ0n) is 19.1. The SMILES string of the molecule is CCC1CCC(CC)C1n1c(=O)c(NCCC(=O)OC(C)(C)C)nc2ccc(Cl)nc21. The van der Waals surface area contributed by atoms with Crippen molar-refractivity contribution in [2.45, 2.75) is 78.4 Å². The van der Waals surface area contributed by atoms with Crippen molar-refractivity contribution in [1.29, 1.82) is 0 Å². The van der Waals surface area contributed by atoms with Crippen LogP contribution >= 0.6 is 11.6 Å². The van der Waals surface area contributed by atoms with Gasteiger partial charge in [0.25, 0.3) is 5.56 Å². The van der Waals surface area contributed by atoms with Gasteiger partial charge in [0.05, 0.1) is 6.42 Å². The summed E-state index contributed by atoms with van der Waals surface area (Å²) in [6, 6.07) is 3.53. The van der Waals surface area contributed by atoms with Gasteiger partial charge in [-0.15, -0.1) is 0 Å². The number of anilines is 1. The molecule has 7 nitrogen and oxygen atoms in total. The molecule has 1 aliphatic rings. The van der Waals surface area contributed by atoms with Crippen molar-refractivity contribution in [1.82, 2.24) is 14.5 Å². The lowest BCUT2D eigenvalue weighted by Crippen LogP contribution is -2.34. The Morgan fingerprint density at radius 1 is 1.19 bits per heavy atom. The van der Waals surface area contributed by atoms with E-state index in [1.807, 2.05) is 20.8 Å². The van der Waals surface area contributed by atoms with Crippen LogP contribution < -0.4 is 10.9 Å². The van der Waals surface area contributed by atoms with Crippen LogP contribution in [0.15, 0.2) is 16.9 Å². The third-order valence-electron chi connectivity index (χ3n) is 5.97. The molecule has 3 rings (SSSR count). The number of nitrogens with zero attached hydrogens (tertiary/aromatic N) is 3. The van der Waals surface area contributed by atoms with Gasteiger partial charge >= 0.3 is 5.97 Å². The highest BCUT2D eigenvalue weighted by molar-refractivity contribution is 6.29. The molecule has 0 aromatic carbocycles. The number of carbonyl (C=O) groups is 1. The molecule has 0 spiro atoms. The molecule has 0 aliphatic heterocycles. The van der Waals surface area contributed by atoms with Gasteiger partial charge < -0.3 is 10.1 Å².